The van der Waals surface area contributed by atoms with Crippen molar-refractivity contribution in [2.45, 2.75) is 24.9 Å². The molecule has 0 aliphatic heterocycles. The highest BCUT2D eigenvalue weighted by Crippen LogP contribution is 2.22. The van der Waals surface area contributed by atoms with E-state index >= 15 is 0 Å². The van der Waals surface area contributed by atoms with Gasteiger partial charge in [0.25, 0.3) is 0 Å². The van der Waals surface area contributed by atoms with Crippen LogP contribution in [0.3, 0.4) is 0 Å². The first kappa shape index (κ1) is 43.8. The molecule has 6 aromatic heterocycles. The molecule has 8 rings (SSSR count). The predicted octanol–water partition coefficient (Wildman–Crippen LogP) is 5.31. The molecule has 8 aromatic rings. The predicted molar refractivity (Wildman–Crippen MR) is 242 cm³/mol. The molecule has 0 saturated carbocycles. The van der Waals surface area contributed by atoms with E-state index < -0.39 is 6.04 Å². The summed E-state index contributed by atoms with van der Waals surface area (Å²) in [5, 5.41) is 22.0. The first-order valence-corrected chi connectivity index (χ1v) is 19.8. The van der Waals surface area contributed by atoms with Crippen LogP contribution in [0.25, 0.3) is 33.8 Å². The van der Waals surface area contributed by atoms with Crippen molar-refractivity contribution < 1.29 is 9.59 Å². The van der Waals surface area contributed by atoms with Gasteiger partial charge in [-0.1, -0.05) is 60.7 Å². The number of carbonyl (C=O) groups excluding carboxylic acids is 2. The van der Waals surface area contributed by atoms with Gasteiger partial charge in [-0.15, -0.1) is 0 Å². The van der Waals surface area contributed by atoms with Gasteiger partial charge >= 0.3 is 0 Å². The van der Waals surface area contributed by atoms with E-state index in [2.05, 4.69) is 46.2 Å². The van der Waals surface area contributed by atoms with Crippen LogP contribution in [-0.2, 0) is 43.6 Å². The van der Waals surface area contributed by atoms with Crippen molar-refractivity contribution in [3.63, 3.8) is 0 Å². The topological polar surface area (TPSA) is 214 Å². The number of nitrogens with zero attached hydrogens (tertiary/aromatic N) is 9. The Balaban J connectivity index is 0.000000163. The fourth-order valence-corrected chi connectivity index (χ4v) is 6.21. The molecule has 0 radical (unpaired) electrons. The summed E-state index contributed by atoms with van der Waals surface area (Å²) in [7, 11) is 7.20. The zero-order valence-corrected chi connectivity index (χ0v) is 35.0. The molecule has 7 N–H and O–H groups in total. The molecule has 2 aromatic carbocycles. The van der Waals surface area contributed by atoms with Gasteiger partial charge in [-0.3, -0.25) is 38.6 Å². The molecule has 0 fully saturated rings. The molecular weight excluding hydrogens is 781 g/mol. The van der Waals surface area contributed by atoms with Crippen molar-refractivity contribution in [3.8, 4) is 33.8 Å². The third kappa shape index (κ3) is 12.1. The van der Waals surface area contributed by atoms with Gasteiger partial charge in [0.1, 0.15) is 17.5 Å². The molecule has 16 heteroatoms. The summed E-state index contributed by atoms with van der Waals surface area (Å²) in [6.07, 6.45) is 11.4. The molecule has 0 bridgehead atoms. The van der Waals surface area contributed by atoms with E-state index in [0.717, 1.165) is 44.9 Å². The number of nitrogens with two attached hydrogens (primary N) is 2. The molecular formula is C46H50N14O2. The Morgan fingerprint density at radius 1 is 0.548 bits per heavy atom. The van der Waals surface area contributed by atoms with E-state index in [0.29, 0.717) is 30.3 Å². The van der Waals surface area contributed by atoms with Crippen molar-refractivity contribution in [1.29, 1.82) is 0 Å². The third-order valence-corrected chi connectivity index (χ3v) is 9.69. The van der Waals surface area contributed by atoms with Gasteiger partial charge in [-0.25, -0.2) is 0 Å². The number of aromatic nitrogens is 9. The summed E-state index contributed by atoms with van der Waals surface area (Å²) in [5.41, 5.74) is 19.2. The fourth-order valence-electron chi connectivity index (χ4n) is 6.21. The van der Waals surface area contributed by atoms with Crippen molar-refractivity contribution >= 4 is 29.3 Å². The number of nitrogen functional groups attached to an aromatic ring is 1. The van der Waals surface area contributed by atoms with Crippen molar-refractivity contribution in [3.05, 3.63) is 164 Å². The summed E-state index contributed by atoms with van der Waals surface area (Å²) in [4.78, 5) is 36.9. The Morgan fingerprint density at radius 3 is 1.34 bits per heavy atom. The number of carbonyl (C=O) groups is 2. The lowest BCUT2D eigenvalue weighted by atomic mass is 10.1. The highest BCUT2D eigenvalue weighted by Gasteiger charge is 2.20. The molecule has 0 aliphatic carbocycles. The highest BCUT2D eigenvalue weighted by atomic mass is 16.2. The lowest BCUT2D eigenvalue weighted by molar-refractivity contribution is -0.118. The van der Waals surface area contributed by atoms with Crippen LogP contribution in [0, 0.1) is 0 Å². The number of pyridine rings is 3. The van der Waals surface area contributed by atoms with Crippen LogP contribution in [0.1, 0.15) is 11.1 Å². The Bertz CT molecular complexity index is 2590. The number of anilines is 3. The maximum absolute atomic E-state index is 12.6. The molecule has 16 nitrogen and oxygen atoms in total. The molecule has 6 heterocycles. The van der Waals surface area contributed by atoms with Crippen LogP contribution < -0.4 is 27.4 Å². The largest absolute Gasteiger partial charge is 0.384 e. The van der Waals surface area contributed by atoms with Crippen LogP contribution in [0.2, 0.25) is 0 Å². The van der Waals surface area contributed by atoms with E-state index in [1.165, 1.54) is 0 Å². The quantitative estimate of drug-likeness (QED) is 0.106. The van der Waals surface area contributed by atoms with E-state index in [-0.39, 0.29) is 17.9 Å². The fraction of sp³-hybridized carbons (Fsp3) is 0.174. The highest BCUT2D eigenvalue weighted by molar-refractivity contribution is 5.95. The second kappa shape index (κ2) is 21.4. The molecule has 0 saturated heterocycles. The second-order valence-corrected chi connectivity index (χ2v) is 14.2. The second-order valence-electron chi connectivity index (χ2n) is 14.2. The SMILES string of the molecule is CN[C@@H](Cc1ccccc1)C(=O)Nc1cc(-c2ccncc2)nn1C.Cn1nc(-c2ccncc2)cc1N.Cn1nc(-c2ccncc2)cc1NC(=O)[C@@H](N)Cc1ccccc1. The Labute approximate surface area is 360 Å². The van der Waals surface area contributed by atoms with E-state index in [4.69, 9.17) is 11.5 Å². The Kier molecular flexibility index (Phi) is 15.1. The molecule has 62 heavy (non-hydrogen) atoms. The number of benzene rings is 2. The Hall–Kier alpha value is -7.82. The summed E-state index contributed by atoms with van der Waals surface area (Å²) in [6.45, 7) is 0. The molecule has 0 aliphatic rings. The van der Waals surface area contributed by atoms with Gasteiger partial charge in [0, 0.05) is 93.2 Å². The normalized spacial score (nSPS) is 11.6. The minimum atomic E-state index is -0.619. The van der Waals surface area contributed by atoms with Crippen LogP contribution in [0.5, 0.6) is 0 Å². The molecule has 0 unspecified atom stereocenters. The standard InChI is InChI=1S/C19H21N5O.C18H19N5O.C9H10N4/c1-20-17(12-14-6-4-3-5-7-14)19(25)22-18-13-16(23-24(18)2)15-8-10-21-11-9-15;1-23-17(12-16(22-23)14-7-9-20-10-8-14)21-18(24)15(19)11-13-5-3-2-4-6-13;1-13-9(10)6-8(12-13)7-2-4-11-5-3-7/h3-11,13,17,20H,12H2,1-2H3,(H,22,25);2-10,12,15H,11,19H2,1H3,(H,21,24);2-6H,10H2,1H3/t17-;15-;/m00./s1. The number of likely N-dealkylation sites (N-methyl/N-ethyl adjacent to an activating group) is 1. The minimum Gasteiger partial charge on any atom is -0.384 e. The number of nitrogens with one attached hydrogen (secondary N) is 3. The monoisotopic (exact) mass is 830 g/mol. The first-order valence-electron chi connectivity index (χ1n) is 19.8. The van der Waals surface area contributed by atoms with Gasteiger partial charge in [0.05, 0.1) is 29.2 Å². The smallest absolute Gasteiger partial charge is 0.242 e. The number of amides is 2. The van der Waals surface area contributed by atoms with Crippen LogP contribution in [0.15, 0.2) is 152 Å². The van der Waals surface area contributed by atoms with Crippen LogP contribution in [-0.4, -0.2) is 75.2 Å². The number of rotatable bonds is 12. The summed E-state index contributed by atoms with van der Waals surface area (Å²) in [6, 6.07) is 35.6. The summed E-state index contributed by atoms with van der Waals surface area (Å²) < 4.78 is 4.95. The first-order chi connectivity index (χ1) is 30.1. The average molecular weight is 831 g/mol. The van der Waals surface area contributed by atoms with Crippen molar-refractivity contribution in [2.24, 2.45) is 26.9 Å². The Morgan fingerprint density at radius 2 is 0.935 bits per heavy atom. The van der Waals surface area contributed by atoms with Gasteiger partial charge in [-0.05, 0) is 67.4 Å². The van der Waals surface area contributed by atoms with Gasteiger partial charge in [0.2, 0.25) is 11.8 Å². The van der Waals surface area contributed by atoms with Gasteiger partial charge < -0.3 is 27.4 Å². The van der Waals surface area contributed by atoms with Crippen LogP contribution in [0.4, 0.5) is 17.5 Å². The van der Waals surface area contributed by atoms with Crippen molar-refractivity contribution in [2.75, 3.05) is 23.4 Å². The van der Waals surface area contributed by atoms with E-state index in [1.807, 2.05) is 129 Å². The summed E-state index contributed by atoms with van der Waals surface area (Å²) in [5.74, 6) is 1.60. The van der Waals surface area contributed by atoms with Gasteiger partial charge in [-0.2, -0.15) is 15.3 Å². The molecule has 2 amide bonds. The van der Waals surface area contributed by atoms with Crippen molar-refractivity contribution in [1.82, 2.24) is 49.6 Å². The van der Waals surface area contributed by atoms with Crippen LogP contribution >= 0.6 is 0 Å². The van der Waals surface area contributed by atoms with E-state index in [1.54, 1.807) is 65.3 Å². The summed E-state index contributed by atoms with van der Waals surface area (Å²) >= 11 is 0. The lowest BCUT2D eigenvalue weighted by Crippen LogP contribution is -2.40. The number of hydrogen-bond acceptors (Lipinski definition) is 11. The van der Waals surface area contributed by atoms with E-state index in [9.17, 15) is 9.59 Å². The third-order valence-electron chi connectivity index (χ3n) is 9.69. The molecule has 0 spiro atoms. The van der Waals surface area contributed by atoms with Gasteiger partial charge in [0.15, 0.2) is 0 Å². The maximum Gasteiger partial charge on any atom is 0.242 e. The lowest BCUT2D eigenvalue weighted by Gasteiger charge is -2.16. The molecule has 316 valence electrons. The molecule has 2 atom stereocenters. The minimum absolute atomic E-state index is 0.0874. The zero-order chi connectivity index (χ0) is 43.8. The number of hydrogen-bond donors (Lipinski definition) is 5. The number of aryl methyl sites for hydroxylation is 3. The maximum atomic E-state index is 12.6. The average Bonchev–Trinajstić information content (AvgIpc) is 3.98. The zero-order valence-electron chi connectivity index (χ0n) is 35.0.